The van der Waals surface area contributed by atoms with Gasteiger partial charge in [0.2, 0.25) is 5.91 Å². The highest BCUT2D eigenvalue weighted by molar-refractivity contribution is 7.09. The lowest BCUT2D eigenvalue weighted by molar-refractivity contribution is -0.121. The molecule has 1 amide bonds. The molecule has 2 aromatic heterocycles. The van der Waals surface area contributed by atoms with Crippen molar-refractivity contribution in [3.05, 3.63) is 93.3 Å². The van der Waals surface area contributed by atoms with Crippen molar-refractivity contribution in [1.82, 2.24) is 10.3 Å². The summed E-state index contributed by atoms with van der Waals surface area (Å²) in [6, 6.07) is 20.1. The Bertz CT molecular complexity index is 1070. The lowest BCUT2D eigenvalue weighted by atomic mass is 9.90. The van der Waals surface area contributed by atoms with E-state index in [1.54, 1.807) is 11.3 Å². The van der Waals surface area contributed by atoms with Crippen molar-refractivity contribution >= 4 is 39.7 Å². The van der Waals surface area contributed by atoms with E-state index in [9.17, 15) is 4.79 Å². The number of para-hydroxylation sites is 1. The van der Waals surface area contributed by atoms with Crippen LogP contribution in [0.3, 0.4) is 0 Å². The zero-order chi connectivity index (χ0) is 19.3. The molecule has 2 heterocycles. The first-order valence-corrected chi connectivity index (χ1v) is 10.6. The first-order valence-electron chi connectivity index (χ1n) is 9.32. The number of carbonyl (C=O) groups is 1. The zero-order valence-electron chi connectivity index (χ0n) is 15.3. The highest BCUT2D eigenvalue weighted by Gasteiger charge is 2.21. The van der Waals surface area contributed by atoms with E-state index in [2.05, 4.69) is 28.5 Å². The number of aromatic amines is 1. The van der Waals surface area contributed by atoms with Gasteiger partial charge in [0, 0.05) is 45.9 Å². The number of benzene rings is 2. The van der Waals surface area contributed by atoms with Crippen molar-refractivity contribution in [2.75, 3.05) is 6.54 Å². The number of nitrogens with one attached hydrogen (secondary N) is 2. The molecule has 0 spiro atoms. The number of H-pyrrole nitrogens is 1. The van der Waals surface area contributed by atoms with E-state index < -0.39 is 0 Å². The summed E-state index contributed by atoms with van der Waals surface area (Å²) in [5.41, 5.74) is 3.24. The molecule has 0 saturated heterocycles. The number of halogens is 1. The van der Waals surface area contributed by atoms with Crippen molar-refractivity contribution in [1.29, 1.82) is 0 Å². The average molecular weight is 409 g/mol. The summed E-state index contributed by atoms with van der Waals surface area (Å²) in [6.07, 6.45) is 3.29. The molecule has 0 aliphatic carbocycles. The second kappa shape index (κ2) is 8.63. The van der Waals surface area contributed by atoms with Crippen LogP contribution in [0.25, 0.3) is 10.9 Å². The molecule has 2 N–H and O–H groups in total. The normalized spacial score (nSPS) is 12.2. The Kier molecular flexibility index (Phi) is 5.79. The van der Waals surface area contributed by atoms with E-state index in [1.165, 1.54) is 4.88 Å². The van der Waals surface area contributed by atoms with E-state index in [0.29, 0.717) is 18.0 Å². The predicted molar refractivity (Wildman–Crippen MR) is 117 cm³/mol. The van der Waals surface area contributed by atoms with Crippen molar-refractivity contribution in [3.63, 3.8) is 0 Å². The van der Waals surface area contributed by atoms with Crippen LogP contribution in [0.4, 0.5) is 0 Å². The van der Waals surface area contributed by atoms with Gasteiger partial charge in [-0.1, -0.05) is 54.1 Å². The Hall–Kier alpha value is -2.56. The predicted octanol–water partition coefficient (Wildman–Crippen LogP) is 5.76. The first kappa shape index (κ1) is 18.8. The zero-order valence-corrected chi connectivity index (χ0v) is 16.9. The Morgan fingerprint density at radius 1 is 1.04 bits per heavy atom. The minimum Gasteiger partial charge on any atom is -0.361 e. The Labute approximate surface area is 173 Å². The molecule has 28 heavy (non-hydrogen) atoms. The number of carbonyl (C=O) groups excluding carboxylic acids is 1. The van der Waals surface area contributed by atoms with Crippen LogP contribution in [0.2, 0.25) is 5.02 Å². The average Bonchev–Trinajstić information content (AvgIpc) is 3.38. The fourth-order valence-corrected chi connectivity index (χ4v) is 4.50. The molecular formula is C23H21ClN2OS. The molecule has 1 atom stereocenters. The maximum Gasteiger partial charge on any atom is 0.220 e. The van der Waals surface area contributed by atoms with E-state index in [-0.39, 0.29) is 11.8 Å². The first-order chi connectivity index (χ1) is 13.7. The van der Waals surface area contributed by atoms with Gasteiger partial charge in [-0.05, 0) is 41.1 Å². The topological polar surface area (TPSA) is 44.9 Å². The molecule has 2 aromatic carbocycles. The molecule has 0 radical (unpaired) electrons. The summed E-state index contributed by atoms with van der Waals surface area (Å²) < 4.78 is 0. The molecule has 0 bridgehead atoms. The van der Waals surface area contributed by atoms with Gasteiger partial charge in [-0.2, -0.15) is 0 Å². The second-order valence-corrected chi connectivity index (χ2v) is 8.19. The number of thiophene rings is 1. The molecule has 3 nitrogen and oxygen atoms in total. The van der Waals surface area contributed by atoms with Gasteiger partial charge in [-0.3, -0.25) is 4.79 Å². The van der Waals surface area contributed by atoms with Crippen molar-refractivity contribution in [2.45, 2.75) is 18.8 Å². The van der Waals surface area contributed by atoms with Gasteiger partial charge in [-0.25, -0.2) is 0 Å². The van der Waals surface area contributed by atoms with Gasteiger partial charge >= 0.3 is 0 Å². The second-order valence-electron chi connectivity index (χ2n) is 6.75. The van der Waals surface area contributed by atoms with E-state index in [4.69, 9.17) is 11.6 Å². The number of aryl methyl sites for hydroxylation is 1. The molecule has 4 rings (SSSR count). The van der Waals surface area contributed by atoms with Gasteiger partial charge in [0.25, 0.3) is 0 Å². The minimum atomic E-state index is -0.0180. The van der Waals surface area contributed by atoms with Crippen LogP contribution in [0.5, 0.6) is 0 Å². The third-order valence-corrected chi connectivity index (χ3v) is 6.24. The van der Waals surface area contributed by atoms with Gasteiger partial charge < -0.3 is 10.3 Å². The van der Waals surface area contributed by atoms with Crippen LogP contribution in [-0.2, 0) is 11.2 Å². The fourth-order valence-electron chi connectivity index (χ4n) is 3.52. The van der Waals surface area contributed by atoms with Gasteiger partial charge in [0.05, 0.1) is 0 Å². The molecule has 0 saturated carbocycles. The van der Waals surface area contributed by atoms with Crippen LogP contribution >= 0.6 is 22.9 Å². The lowest BCUT2D eigenvalue weighted by Crippen LogP contribution is -2.29. The fraction of sp³-hybridized carbons (Fsp3) is 0.174. The Balaban J connectivity index is 1.55. The highest BCUT2D eigenvalue weighted by atomic mass is 35.5. The van der Waals surface area contributed by atoms with Crippen LogP contribution in [-0.4, -0.2) is 17.4 Å². The number of hydrogen-bond acceptors (Lipinski definition) is 2. The van der Waals surface area contributed by atoms with Gasteiger partial charge in [0.15, 0.2) is 0 Å². The quantitative estimate of drug-likeness (QED) is 0.401. The number of rotatable bonds is 7. The summed E-state index contributed by atoms with van der Waals surface area (Å²) in [5, 5.41) is 7.02. The molecule has 142 valence electrons. The van der Waals surface area contributed by atoms with Crippen LogP contribution < -0.4 is 5.32 Å². The van der Waals surface area contributed by atoms with E-state index in [1.807, 2.05) is 54.0 Å². The largest absolute Gasteiger partial charge is 0.361 e. The van der Waals surface area contributed by atoms with Crippen molar-refractivity contribution in [3.8, 4) is 0 Å². The summed E-state index contributed by atoms with van der Waals surface area (Å²) >= 11 is 8.20. The van der Waals surface area contributed by atoms with Crippen molar-refractivity contribution < 1.29 is 4.79 Å². The number of aromatic nitrogens is 1. The summed E-state index contributed by atoms with van der Waals surface area (Å²) in [7, 11) is 0. The maximum atomic E-state index is 12.4. The molecule has 0 aliphatic heterocycles. The smallest absolute Gasteiger partial charge is 0.220 e. The maximum absolute atomic E-state index is 12.4. The summed E-state index contributed by atoms with van der Waals surface area (Å²) in [5.74, 6) is 0.0424. The van der Waals surface area contributed by atoms with Crippen LogP contribution in [0.15, 0.2) is 72.2 Å². The third kappa shape index (κ3) is 4.13. The number of fused-ring (bicyclic) bond motifs is 1. The molecule has 0 unspecified atom stereocenters. The minimum absolute atomic E-state index is 0.0180. The van der Waals surface area contributed by atoms with E-state index >= 15 is 0 Å². The molecule has 5 heteroatoms. The SMILES string of the molecule is O=C(CCc1cccs1)NC[C@H](c1ccccc1Cl)c1c[nH]c2ccccc12. The van der Waals surface area contributed by atoms with Crippen LogP contribution in [0.1, 0.15) is 28.3 Å². The molecule has 0 aliphatic rings. The monoisotopic (exact) mass is 408 g/mol. The lowest BCUT2D eigenvalue weighted by Gasteiger charge is -2.19. The molecule has 0 fully saturated rings. The van der Waals surface area contributed by atoms with Crippen molar-refractivity contribution in [2.24, 2.45) is 0 Å². The Morgan fingerprint density at radius 3 is 2.68 bits per heavy atom. The number of hydrogen-bond donors (Lipinski definition) is 2. The van der Waals surface area contributed by atoms with Gasteiger partial charge in [-0.15, -0.1) is 11.3 Å². The number of amides is 1. The standard InChI is InChI=1S/C23H21ClN2OS/c24-21-9-3-1-7-17(21)19(20-14-25-22-10-4-2-8-18(20)22)15-26-23(27)12-11-16-6-5-13-28-16/h1-10,13-14,19,25H,11-12,15H2,(H,26,27)/t19-/m1/s1. The summed E-state index contributed by atoms with van der Waals surface area (Å²) in [6.45, 7) is 0.509. The van der Waals surface area contributed by atoms with Gasteiger partial charge in [0.1, 0.15) is 0 Å². The highest BCUT2D eigenvalue weighted by Crippen LogP contribution is 2.34. The van der Waals surface area contributed by atoms with Crippen LogP contribution in [0, 0.1) is 0 Å². The third-order valence-electron chi connectivity index (χ3n) is 4.96. The van der Waals surface area contributed by atoms with E-state index in [0.717, 1.165) is 28.5 Å². The Morgan fingerprint density at radius 2 is 1.86 bits per heavy atom. The summed E-state index contributed by atoms with van der Waals surface area (Å²) in [4.78, 5) is 17.0. The molecular weight excluding hydrogens is 388 g/mol. The molecule has 4 aromatic rings.